The minimum Gasteiger partial charge on any atom is -0.398 e. The Hall–Kier alpha value is -1.97. The van der Waals surface area contributed by atoms with E-state index >= 15 is 0 Å². The molecule has 0 aliphatic rings. The van der Waals surface area contributed by atoms with Crippen LogP contribution in [0.15, 0.2) is 42.6 Å². The molecule has 3 nitrogen and oxygen atoms in total. The number of carbonyl (C=O) groups excluding carboxylic acids is 1. The van der Waals surface area contributed by atoms with E-state index in [-0.39, 0.29) is 5.78 Å². The Morgan fingerprint density at radius 1 is 1.14 bits per heavy atom. The van der Waals surface area contributed by atoms with Crippen molar-refractivity contribution < 1.29 is 4.79 Å². The molecule has 0 saturated heterocycles. The predicted molar refractivity (Wildman–Crippen MR) is 87.2 cm³/mol. The summed E-state index contributed by atoms with van der Waals surface area (Å²) in [7, 11) is 1.88. The Kier molecular flexibility index (Phi) is 3.40. The number of ketones is 1. The molecule has 21 heavy (non-hydrogen) atoms. The normalized spacial score (nSPS) is 11.0. The number of carbonyl (C=O) groups is 1. The number of aryl methyl sites for hydroxylation is 1. The number of nitrogens with two attached hydrogens (primary N) is 1. The molecular formula is C16H12Cl2N2O. The van der Waals surface area contributed by atoms with Crippen LogP contribution in [0.3, 0.4) is 0 Å². The van der Waals surface area contributed by atoms with Crippen LogP contribution in [0.2, 0.25) is 10.0 Å². The summed E-state index contributed by atoms with van der Waals surface area (Å²) in [6.45, 7) is 0. The molecule has 3 aromatic rings. The summed E-state index contributed by atoms with van der Waals surface area (Å²) in [5.74, 6) is -0.0914. The first-order valence-electron chi connectivity index (χ1n) is 6.31. The number of benzene rings is 2. The molecule has 0 saturated carbocycles. The first-order valence-corrected chi connectivity index (χ1v) is 7.07. The Labute approximate surface area is 131 Å². The van der Waals surface area contributed by atoms with E-state index in [9.17, 15) is 4.79 Å². The maximum atomic E-state index is 12.7. The molecule has 1 heterocycles. The second kappa shape index (κ2) is 5.10. The lowest BCUT2D eigenvalue weighted by Crippen LogP contribution is -2.01. The van der Waals surface area contributed by atoms with Crippen LogP contribution < -0.4 is 5.73 Å². The highest BCUT2D eigenvalue weighted by atomic mass is 35.5. The van der Waals surface area contributed by atoms with Crippen molar-refractivity contribution in [2.24, 2.45) is 7.05 Å². The van der Waals surface area contributed by atoms with Crippen LogP contribution in [0.1, 0.15) is 15.9 Å². The summed E-state index contributed by atoms with van der Waals surface area (Å²) in [4.78, 5) is 12.7. The van der Waals surface area contributed by atoms with Crippen LogP contribution >= 0.6 is 23.2 Å². The summed E-state index contributed by atoms with van der Waals surface area (Å²) >= 11 is 11.9. The number of nitrogen functional groups attached to an aromatic ring is 1. The minimum atomic E-state index is -0.0914. The number of halogens is 2. The van der Waals surface area contributed by atoms with Crippen molar-refractivity contribution >= 4 is 45.6 Å². The third-order valence-corrected chi connectivity index (χ3v) is 4.03. The number of nitrogens with zero attached hydrogens (tertiary/aromatic N) is 1. The van der Waals surface area contributed by atoms with Gasteiger partial charge in [-0.15, -0.1) is 0 Å². The Bertz CT molecular complexity index is 868. The van der Waals surface area contributed by atoms with Gasteiger partial charge in [-0.1, -0.05) is 29.3 Å². The van der Waals surface area contributed by atoms with Gasteiger partial charge in [-0.3, -0.25) is 4.79 Å². The summed E-state index contributed by atoms with van der Waals surface area (Å²) in [5, 5.41) is 1.94. The van der Waals surface area contributed by atoms with Crippen molar-refractivity contribution in [1.82, 2.24) is 4.57 Å². The minimum absolute atomic E-state index is 0.0914. The van der Waals surface area contributed by atoms with Gasteiger partial charge in [0, 0.05) is 40.3 Å². The molecule has 0 bridgehead atoms. The maximum absolute atomic E-state index is 12.7. The average Bonchev–Trinajstić information content (AvgIpc) is 2.78. The summed E-state index contributed by atoms with van der Waals surface area (Å²) in [6, 6.07) is 10.4. The lowest BCUT2D eigenvalue weighted by Gasteiger charge is -2.03. The quantitative estimate of drug-likeness (QED) is 0.565. The highest BCUT2D eigenvalue weighted by molar-refractivity contribution is 6.33. The first kappa shape index (κ1) is 14.0. The van der Waals surface area contributed by atoms with Gasteiger partial charge in [0.15, 0.2) is 5.78 Å². The number of fused-ring (bicyclic) bond motifs is 1. The van der Waals surface area contributed by atoms with Gasteiger partial charge in [-0.05, 0) is 30.3 Å². The lowest BCUT2D eigenvalue weighted by molar-refractivity contribution is 0.104. The predicted octanol–water partition coefficient (Wildman–Crippen LogP) is 4.30. The van der Waals surface area contributed by atoms with E-state index < -0.39 is 0 Å². The molecule has 2 N–H and O–H groups in total. The SMILES string of the molecule is Cn1cc(C(=O)c2ccc(Cl)c(N)c2)c2ccc(Cl)cc21. The van der Waals surface area contributed by atoms with Crippen LogP contribution in [0.25, 0.3) is 10.9 Å². The summed E-state index contributed by atoms with van der Waals surface area (Å²) in [5.41, 5.74) is 8.20. The highest BCUT2D eigenvalue weighted by Gasteiger charge is 2.16. The fourth-order valence-corrected chi connectivity index (χ4v) is 2.66. The molecule has 0 aliphatic heterocycles. The highest BCUT2D eigenvalue weighted by Crippen LogP contribution is 2.27. The largest absolute Gasteiger partial charge is 0.398 e. The Morgan fingerprint density at radius 2 is 1.90 bits per heavy atom. The van der Waals surface area contributed by atoms with E-state index in [1.165, 1.54) is 0 Å². The van der Waals surface area contributed by atoms with E-state index in [0.29, 0.717) is 26.9 Å². The van der Waals surface area contributed by atoms with Gasteiger partial charge < -0.3 is 10.3 Å². The number of aromatic nitrogens is 1. The average molecular weight is 319 g/mol. The van der Waals surface area contributed by atoms with Crippen LogP contribution in [-0.2, 0) is 7.05 Å². The van der Waals surface area contributed by atoms with Crippen molar-refractivity contribution in [3.8, 4) is 0 Å². The van der Waals surface area contributed by atoms with Crippen LogP contribution in [0.4, 0.5) is 5.69 Å². The molecule has 1 aromatic heterocycles. The molecule has 0 atom stereocenters. The van der Waals surface area contributed by atoms with Gasteiger partial charge in [0.05, 0.1) is 10.7 Å². The molecule has 3 rings (SSSR count). The smallest absolute Gasteiger partial charge is 0.195 e. The van der Waals surface area contributed by atoms with Crippen LogP contribution in [-0.4, -0.2) is 10.4 Å². The van der Waals surface area contributed by atoms with E-state index in [1.54, 1.807) is 30.5 Å². The summed E-state index contributed by atoms with van der Waals surface area (Å²) < 4.78 is 1.88. The summed E-state index contributed by atoms with van der Waals surface area (Å²) in [6.07, 6.45) is 1.80. The lowest BCUT2D eigenvalue weighted by atomic mass is 10.0. The van der Waals surface area contributed by atoms with Crippen molar-refractivity contribution in [3.63, 3.8) is 0 Å². The zero-order chi connectivity index (χ0) is 15.1. The monoisotopic (exact) mass is 318 g/mol. The standard InChI is InChI=1S/C16H12Cl2N2O/c1-20-8-12(11-4-3-10(17)7-15(11)20)16(21)9-2-5-13(18)14(19)6-9/h2-8H,19H2,1H3. The van der Waals surface area contributed by atoms with Gasteiger partial charge in [0.1, 0.15) is 0 Å². The van der Waals surface area contributed by atoms with Gasteiger partial charge in [-0.2, -0.15) is 0 Å². The molecule has 0 radical (unpaired) electrons. The molecule has 2 aromatic carbocycles. The molecule has 0 fully saturated rings. The molecule has 0 spiro atoms. The zero-order valence-electron chi connectivity index (χ0n) is 11.2. The van der Waals surface area contributed by atoms with Crippen molar-refractivity contribution in [2.75, 3.05) is 5.73 Å². The Balaban J connectivity index is 2.15. The number of anilines is 1. The van der Waals surface area contributed by atoms with Crippen molar-refractivity contribution in [1.29, 1.82) is 0 Å². The molecule has 0 amide bonds. The van der Waals surface area contributed by atoms with Crippen molar-refractivity contribution in [3.05, 3.63) is 63.8 Å². The second-order valence-electron chi connectivity index (χ2n) is 4.88. The van der Waals surface area contributed by atoms with Gasteiger partial charge in [0.25, 0.3) is 0 Å². The molecule has 0 unspecified atom stereocenters. The van der Waals surface area contributed by atoms with E-state index in [2.05, 4.69) is 0 Å². The Morgan fingerprint density at radius 3 is 2.62 bits per heavy atom. The maximum Gasteiger partial charge on any atom is 0.195 e. The number of hydrogen-bond donors (Lipinski definition) is 1. The topological polar surface area (TPSA) is 48.0 Å². The first-order chi connectivity index (χ1) is 9.97. The zero-order valence-corrected chi connectivity index (χ0v) is 12.7. The van der Waals surface area contributed by atoms with Crippen molar-refractivity contribution in [2.45, 2.75) is 0 Å². The number of hydrogen-bond acceptors (Lipinski definition) is 2. The van der Waals surface area contributed by atoms with Crippen LogP contribution in [0, 0.1) is 0 Å². The van der Waals surface area contributed by atoms with E-state index in [4.69, 9.17) is 28.9 Å². The third-order valence-electron chi connectivity index (χ3n) is 3.46. The molecule has 5 heteroatoms. The molecule has 0 aliphatic carbocycles. The fourth-order valence-electron chi connectivity index (χ4n) is 2.38. The second-order valence-corrected chi connectivity index (χ2v) is 5.72. The molecular weight excluding hydrogens is 307 g/mol. The molecule has 106 valence electrons. The van der Waals surface area contributed by atoms with Gasteiger partial charge in [-0.25, -0.2) is 0 Å². The van der Waals surface area contributed by atoms with Gasteiger partial charge in [0.2, 0.25) is 0 Å². The number of rotatable bonds is 2. The van der Waals surface area contributed by atoms with Gasteiger partial charge >= 0.3 is 0 Å². The fraction of sp³-hybridized carbons (Fsp3) is 0.0625. The van der Waals surface area contributed by atoms with E-state index in [0.717, 1.165) is 10.9 Å². The van der Waals surface area contributed by atoms with Crippen LogP contribution in [0.5, 0.6) is 0 Å². The van der Waals surface area contributed by atoms with E-state index in [1.807, 2.05) is 23.7 Å². The third kappa shape index (κ3) is 2.39.